The number of thiocarbonyl (C=S) groups is 1. The van der Waals surface area contributed by atoms with Crippen molar-refractivity contribution < 1.29 is 4.92 Å². The maximum atomic E-state index is 10.6. The average molecular weight is 319 g/mol. The van der Waals surface area contributed by atoms with E-state index >= 15 is 0 Å². The van der Waals surface area contributed by atoms with Crippen LogP contribution in [0.4, 0.5) is 17.1 Å². The van der Waals surface area contributed by atoms with E-state index in [9.17, 15) is 10.1 Å². The van der Waals surface area contributed by atoms with Gasteiger partial charge >= 0.3 is 0 Å². The zero-order valence-corrected chi connectivity index (χ0v) is 12.8. The molecule has 0 aromatic heterocycles. The number of benzene rings is 2. The highest BCUT2D eigenvalue weighted by atomic mass is 32.2. The number of hydrogen-bond donors (Lipinski definition) is 2. The van der Waals surface area contributed by atoms with E-state index in [-0.39, 0.29) is 5.69 Å². The first kappa shape index (κ1) is 15.3. The van der Waals surface area contributed by atoms with Crippen LogP contribution in [0.1, 0.15) is 0 Å². The van der Waals surface area contributed by atoms with Crippen LogP contribution in [0.5, 0.6) is 0 Å². The summed E-state index contributed by atoms with van der Waals surface area (Å²) in [6, 6.07) is 13.9. The Balaban J connectivity index is 2.03. The highest BCUT2D eigenvalue weighted by Gasteiger charge is 2.06. The Morgan fingerprint density at radius 3 is 2.43 bits per heavy atom. The molecule has 0 aliphatic rings. The minimum atomic E-state index is -0.435. The van der Waals surface area contributed by atoms with Gasteiger partial charge in [-0.05, 0) is 42.7 Å². The minimum Gasteiger partial charge on any atom is -0.332 e. The molecular weight excluding hydrogens is 306 g/mol. The van der Waals surface area contributed by atoms with E-state index in [1.807, 2.05) is 30.5 Å². The number of nitro groups is 1. The van der Waals surface area contributed by atoms with Crippen LogP contribution in [-0.4, -0.2) is 16.3 Å². The van der Waals surface area contributed by atoms with Crippen LogP contribution in [-0.2, 0) is 0 Å². The summed E-state index contributed by atoms with van der Waals surface area (Å²) in [6.45, 7) is 0. The van der Waals surface area contributed by atoms with Gasteiger partial charge in [-0.15, -0.1) is 11.8 Å². The quantitative estimate of drug-likeness (QED) is 0.382. The third-order valence-corrected chi connectivity index (χ3v) is 3.69. The lowest BCUT2D eigenvalue weighted by atomic mass is 10.3. The number of thioether (sulfide) groups is 1. The Labute approximate surface area is 131 Å². The van der Waals surface area contributed by atoms with Crippen molar-refractivity contribution >= 4 is 46.2 Å². The van der Waals surface area contributed by atoms with E-state index < -0.39 is 4.92 Å². The molecule has 2 rings (SSSR count). The molecule has 0 saturated carbocycles. The van der Waals surface area contributed by atoms with Gasteiger partial charge in [0.15, 0.2) is 5.11 Å². The molecule has 2 aromatic rings. The third-order valence-electron chi connectivity index (χ3n) is 2.69. The maximum absolute atomic E-state index is 10.6. The predicted molar refractivity (Wildman–Crippen MR) is 91.2 cm³/mol. The van der Waals surface area contributed by atoms with Crippen LogP contribution in [0.25, 0.3) is 0 Å². The maximum Gasteiger partial charge on any atom is 0.269 e. The molecule has 108 valence electrons. The van der Waals surface area contributed by atoms with Crippen LogP contribution in [0.3, 0.4) is 0 Å². The summed E-state index contributed by atoms with van der Waals surface area (Å²) < 4.78 is 0. The molecule has 0 amide bonds. The molecular formula is C14H13N3O2S2. The summed E-state index contributed by atoms with van der Waals surface area (Å²) >= 11 is 6.87. The van der Waals surface area contributed by atoms with Crippen molar-refractivity contribution in [3.05, 3.63) is 58.6 Å². The summed E-state index contributed by atoms with van der Waals surface area (Å²) in [5, 5.41) is 17.1. The monoisotopic (exact) mass is 319 g/mol. The molecule has 7 heteroatoms. The van der Waals surface area contributed by atoms with Crippen LogP contribution < -0.4 is 10.6 Å². The van der Waals surface area contributed by atoms with Crippen molar-refractivity contribution in [2.24, 2.45) is 0 Å². The number of nitrogens with zero attached hydrogens (tertiary/aromatic N) is 1. The van der Waals surface area contributed by atoms with Gasteiger partial charge in [0.1, 0.15) is 0 Å². The zero-order chi connectivity index (χ0) is 15.2. The highest BCUT2D eigenvalue weighted by molar-refractivity contribution is 7.98. The van der Waals surface area contributed by atoms with Gasteiger partial charge < -0.3 is 10.6 Å². The van der Waals surface area contributed by atoms with E-state index in [1.165, 1.54) is 12.1 Å². The van der Waals surface area contributed by atoms with Gasteiger partial charge in [0.05, 0.1) is 10.6 Å². The van der Waals surface area contributed by atoms with Gasteiger partial charge in [-0.3, -0.25) is 10.1 Å². The normalized spacial score (nSPS) is 9.95. The molecule has 5 nitrogen and oxygen atoms in total. The van der Waals surface area contributed by atoms with Crippen molar-refractivity contribution in [2.45, 2.75) is 4.90 Å². The van der Waals surface area contributed by atoms with Gasteiger partial charge in [-0.1, -0.05) is 12.1 Å². The fraction of sp³-hybridized carbons (Fsp3) is 0.0714. The molecule has 2 aromatic carbocycles. The number of non-ortho nitro benzene ring substituents is 1. The molecule has 0 heterocycles. The predicted octanol–water partition coefficient (Wildman–Crippen LogP) is 4.13. The Morgan fingerprint density at radius 1 is 1.14 bits per heavy atom. The van der Waals surface area contributed by atoms with Crippen LogP contribution in [0, 0.1) is 10.1 Å². The second kappa shape index (κ2) is 7.05. The molecule has 0 bridgehead atoms. The molecule has 0 aliphatic carbocycles. The SMILES string of the molecule is CSc1ccccc1NC(=S)Nc1ccc([N+](=O)[O-])cc1. The van der Waals surface area contributed by atoms with E-state index in [4.69, 9.17) is 12.2 Å². The van der Waals surface area contributed by atoms with Gasteiger partial charge in [0, 0.05) is 22.7 Å². The first-order chi connectivity index (χ1) is 10.1. The Morgan fingerprint density at radius 2 is 1.81 bits per heavy atom. The largest absolute Gasteiger partial charge is 0.332 e. The summed E-state index contributed by atoms with van der Waals surface area (Å²) in [7, 11) is 0. The molecule has 0 saturated heterocycles. The Kier molecular flexibility index (Phi) is 5.13. The highest BCUT2D eigenvalue weighted by Crippen LogP contribution is 2.24. The smallest absolute Gasteiger partial charge is 0.269 e. The van der Waals surface area contributed by atoms with Gasteiger partial charge in [-0.2, -0.15) is 0 Å². The number of nitro benzene ring substituents is 1. The fourth-order valence-electron chi connectivity index (χ4n) is 1.70. The van der Waals surface area contributed by atoms with Crippen LogP contribution in [0.2, 0.25) is 0 Å². The topological polar surface area (TPSA) is 67.2 Å². The minimum absolute atomic E-state index is 0.0483. The van der Waals surface area contributed by atoms with E-state index in [0.29, 0.717) is 10.8 Å². The second-order valence-electron chi connectivity index (χ2n) is 4.08. The molecule has 0 fully saturated rings. The third kappa shape index (κ3) is 4.17. The lowest BCUT2D eigenvalue weighted by molar-refractivity contribution is -0.384. The number of rotatable bonds is 4. The van der Waals surface area contributed by atoms with Gasteiger partial charge in [-0.25, -0.2) is 0 Å². The Hall–Kier alpha value is -2.12. The van der Waals surface area contributed by atoms with Gasteiger partial charge in [0.25, 0.3) is 5.69 Å². The van der Waals surface area contributed by atoms with E-state index in [0.717, 1.165) is 10.6 Å². The van der Waals surface area contributed by atoms with E-state index in [2.05, 4.69) is 10.6 Å². The number of para-hydroxylation sites is 1. The number of hydrogen-bond acceptors (Lipinski definition) is 4. The van der Waals surface area contributed by atoms with Gasteiger partial charge in [0.2, 0.25) is 0 Å². The standard InChI is InChI=1S/C14H13N3O2S2/c1-21-13-5-3-2-4-12(13)16-14(20)15-10-6-8-11(9-7-10)17(18)19/h2-9H,1H3,(H2,15,16,20). The van der Waals surface area contributed by atoms with Crippen LogP contribution in [0.15, 0.2) is 53.4 Å². The second-order valence-corrected chi connectivity index (χ2v) is 5.34. The number of anilines is 2. The molecule has 0 atom stereocenters. The van der Waals surface area contributed by atoms with Crippen molar-refractivity contribution in [2.75, 3.05) is 16.9 Å². The number of nitrogens with one attached hydrogen (secondary N) is 2. The lowest BCUT2D eigenvalue weighted by Crippen LogP contribution is -2.19. The molecule has 0 unspecified atom stereocenters. The van der Waals surface area contributed by atoms with Crippen molar-refractivity contribution in [1.29, 1.82) is 0 Å². The lowest BCUT2D eigenvalue weighted by Gasteiger charge is -2.12. The fourth-order valence-corrected chi connectivity index (χ4v) is 2.48. The van der Waals surface area contributed by atoms with Crippen molar-refractivity contribution in [3.63, 3.8) is 0 Å². The van der Waals surface area contributed by atoms with Crippen molar-refractivity contribution in [1.82, 2.24) is 0 Å². The first-order valence-corrected chi connectivity index (χ1v) is 7.69. The van der Waals surface area contributed by atoms with E-state index in [1.54, 1.807) is 23.9 Å². The molecule has 0 spiro atoms. The molecule has 21 heavy (non-hydrogen) atoms. The molecule has 0 aliphatic heterocycles. The summed E-state index contributed by atoms with van der Waals surface area (Å²) in [5.74, 6) is 0. The van der Waals surface area contributed by atoms with Crippen LogP contribution >= 0.6 is 24.0 Å². The summed E-state index contributed by atoms with van der Waals surface area (Å²) in [4.78, 5) is 11.2. The zero-order valence-electron chi connectivity index (χ0n) is 11.2. The molecule has 2 N–H and O–H groups in total. The molecule has 0 radical (unpaired) electrons. The summed E-state index contributed by atoms with van der Waals surface area (Å²) in [6.07, 6.45) is 1.99. The Bertz CT molecular complexity index is 660. The first-order valence-electron chi connectivity index (χ1n) is 6.05. The average Bonchev–Trinajstić information content (AvgIpc) is 2.48. The summed E-state index contributed by atoms with van der Waals surface area (Å²) in [5.41, 5.74) is 1.66. The van der Waals surface area contributed by atoms with Crippen molar-refractivity contribution in [3.8, 4) is 0 Å².